The van der Waals surface area contributed by atoms with Gasteiger partial charge in [-0.1, -0.05) is 13.8 Å². The highest BCUT2D eigenvalue weighted by Gasteiger charge is 2.24. The van der Waals surface area contributed by atoms with Crippen LogP contribution in [0.25, 0.3) is 0 Å². The molecule has 1 aliphatic rings. The van der Waals surface area contributed by atoms with Crippen LogP contribution in [0.15, 0.2) is 16.7 Å². The lowest BCUT2D eigenvalue weighted by molar-refractivity contribution is 0.237. The van der Waals surface area contributed by atoms with Crippen LogP contribution in [0, 0.1) is 5.41 Å². The average Bonchev–Trinajstić information content (AvgIpc) is 2.72. The predicted octanol–water partition coefficient (Wildman–Crippen LogP) is 4.18. The van der Waals surface area contributed by atoms with Gasteiger partial charge in [0.25, 0.3) is 0 Å². The number of hydrogen-bond acceptors (Lipinski definition) is 3. The monoisotopic (exact) mass is 292 g/mol. The largest absolute Gasteiger partial charge is 0.468 e. The second-order valence-electron chi connectivity index (χ2n) is 8.27. The molecule has 0 saturated carbocycles. The van der Waals surface area contributed by atoms with Gasteiger partial charge in [-0.2, -0.15) is 0 Å². The topological polar surface area (TPSA) is 28.4 Å². The zero-order valence-corrected chi connectivity index (χ0v) is 14.5. The number of rotatable bonds is 4. The van der Waals surface area contributed by atoms with Crippen LogP contribution in [0.1, 0.15) is 65.2 Å². The van der Waals surface area contributed by atoms with Crippen LogP contribution in [0.2, 0.25) is 0 Å². The fraction of sp³-hybridized carbons (Fsp3) is 0.778. The van der Waals surface area contributed by atoms with Gasteiger partial charge in [0.2, 0.25) is 0 Å². The second kappa shape index (κ2) is 6.53. The highest BCUT2D eigenvalue weighted by Crippen LogP contribution is 2.30. The average molecular weight is 292 g/mol. The highest BCUT2D eigenvalue weighted by molar-refractivity contribution is 5.17. The maximum Gasteiger partial charge on any atom is 0.122 e. The molecular weight excluding hydrogens is 260 g/mol. The Morgan fingerprint density at radius 1 is 1.24 bits per heavy atom. The van der Waals surface area contributed by atoms with Crippen LogP contribution in [0.3, 0.4) is 0 Å². The smallest absolute Gasteiger partial charge is 0.122 e. The predicted molar refractivity (Wildman–Crippen MR) is 88.2 cm³/mol. The summed E-state index contributed by atoms with van der Waals surface area (Å²) in [6, 6.07) is 2.11. The summed E-state index contributed by atoms with van der Waals surface area (Å²) in [7, 11) is 0. The van der Waals surface area contributed by atoms with E-state index in [0.29, 0.717) is 5.41 Å². The fourth-order valence-electron chi connectivity index (χ4n) is 2.86. The molecule has 0 bridgehead atoms. The van der Waals surface area contributed by atoms with Crippen molar-refractivity contribution in [1.82, 2.24) is 10.2 Å². The molecule has 120 valence electrons. The van der Waals surface area contributed by atoms with E-state index in [0.717, 1.165) is 18.8 Å². The molecule has 2 heterocycles. The van der Waals surface area contributed by atoms with Crippen molar-refractivity contribution in [3.8, 4) is 0 Å². The van der Waals surface area contributed by atoms with E-state index in [9.17, 15) is 0 Å². The van der Waals surface area contributed by atoms with Gasteiger partial charge in [0.05, 0.1) is 12.8 Å². The molecule has 1 aromatic rings. The molecule has 0 unspecified atom stereocenters. The van der Waals surface area contributed by atoms with Gasteiger partial charge in [-0.15, -0.1) is 0 Å². The van der Waals surface area contributed by atoms with Crippen LogP contribution < -0.4 is 5.32 Å². The molecule has 3 heteroatoms. The van der Waals surface area contributed by atoms with Crippen LogP contribution >= 0.6 is 0 Å². The van der Waals surface area contributed by atoms with E-state index in [1.165, 1.54) is 37.9 Å². The molecule has 2 rings (SSSR count). The molecule has 1 N–H and O–H groups in total. The third kappa shape index (κ3) is 5.48. The zero-order valence-electron chi connectivity index (χ0n) is 14.5. The van der Waals surface area contributed by atoms with Gasteiger partial charge in [-0.05, 0) is 64.6 Å². The maximum atomic E-state index is 5.74. The van der Waals surface area contributed by atoms with Gasteiger partial charge >= 0.3 is 0 Å². The maximum absolute atomic E-state index is 5.74. The van der Waals surface area contributed by atoms with Gasteiger partial charge in [-0.25, -0.2) is 0 Å². The first-order valence-corrected chi connectivity index (χ1v) is 8.28. The first kappa shape index (κ1) is 16.6. The van der Waals surface area contributed by atoms with Crippen LogP contribution in [0.5, 0.6) is 0 Å². The number of hydrogen-bond donors (Lipinski definition) is 1. The Balaban J connectivity index is 1.92. The Hall–Kier alpha value is -0.800. The summed E-state index contributed by atoms with van der Waals surface area (Å²) >= 11 is 0. The molecule has 1 aromatic heterocycles. The van der Waals surface area contributed by atoms with Crippen molar-refractivity contribution in [3.63, 3.8) is 0 Å². The summed E-state index contributed by atoms with van der Waals surface area (Å²) < 4.78 is 5.74. The molecule has 0 aliphatic carbocycles. The van der Waals surface area contributed by atoms with E-state index in [2.05, 4.69) is 50.9 Å². The van der Waals surface area contributed by atoms with Crippen LogP contribution in [-0.4, -0.2) is 23.5 Å². The molecule has 21 heavy (non-hydrogen) atoms. The Kier molecular flexibility index (Phi) is 5.15. The molecule has 0 atom stereocenters. The minimum Gasteiger partial charge on any atom is -0.468 e. The zero-order chi connectivity index (χ0) is 15.5. The van der Waals surface area contributed by atoms with Gasteiger partial charge in [0.15, 0.2) is 0 Å². The number of nitrogens with zero attached hydrogens (tertiary/aromatic N) is 1. The first-order chi connectivity index (χ1) is 9.75. The molecule has 0 radical (unpaired) electrons. The first-order valence-electron chi connectivity index (χ1n) is 8.28. The van der Waals surface area contributed by atoms with E-state index >= 15 is 0 Å². The van der Waals surface area contributed by atoms with Gasteiger partial charge < -0.3 is 9.73 Å². The Morgan fingerprint density at radius 3 is 2.71 bits per heavy atom. The van der Waals surface area contributed by atoms with Crippen LogP contribution in [0.4, 0.5) is 0 Å². The van der Waals surface area contributed by atoms with Crippen molar-refractivity contribution in [1.29, 1.82) is 0 Å². The van der Waals surface area contributed by atoms with Crippen molar-refractivity contribution < 1.29 is 4.42 Å². The lowest BCUT2D eigenvalue weighted by Gasteiger charge is -2.23. The van der Waals surface area contributed by atoms with Crippen molar-refractivity contribution in [2.75, 3.05) is 13.1 Å². The summed E-state index contributed by atoms with van der Waals surface area (Å²) in [6.45, 7) is 15.6. The molecule has 0 aromatic carbocycles. The van der Waals surface area contributed by atoms with E-state index in [-0.39, 0.29) is 5.54 Å². The summed E-state index contributed by atoms with van der Waals surface area (Å²) in [5, 5.41) is 3.55. The van der Waals surface area contributed by atoms with Gasteiger partial charge in [-0.3, -0.25) is 4.90 Å². The number of nitrogens with one attached hydrogen (secondary N) is 1. The molecule has 1 saturated heterocycles. The van der Waals surface area contributed by atoms with Crippen molar-refractivity contribution in [2.24, 2.45) is 5.41 Å². The Morgan fingerprint density at radius 2 is 2.00 bits per heavy atom. The molecule has 0 spiro atoms. The lowest BCUT2D eigenvalue weighted by Crippen LogP contribution is -2.35. The van der Waals surface area contributed by atoms with Gasteiger partial charge in [0.1, 0.15) is 5.76 Å². The fourth-order valence-corrected chi connectivity index (χ4v) is 2.86. The SMILES string of the molecule is CC1(C)CCCN(Cc2occc2CNC(C)(C)C)CC1. The van der Waals surface area contributed by atoms with Crippen molar-refractivity contribution in [2.45, 2.75) is 72.5 Å². The van der Waals surface area contributed by atoms with E-state index in [4.69, 9.17) is 4.42 Å². The van der Waals surface area contributed by atoms with Crippen molar-refractivity contribution >= 4 is 0 Å². The molecule has 1 aliphatic heterocycles. The third-order valence-electron chi connectivity index (χ3n) is 4.45. The molecule has 1 fully saturated rings. The normalized spacial score (nSPS) is 20.4. The minimum absolute atomic E-state index is 0.140. The quantitative estimate of drug-likeness (QED) is 0.902. The third-order valence-corrected chi connectivity index (χ3v) is 4.45. The minimum atomic E-state index is 0.140. The summed E-state index contributed by atoms with van der Waals surface area (Å²) in [6.07, 6.45) is 5.74. The standard InChI is InChI=1S/C18H32N2O/c1-17(2,3)19-13-15-7-12-21-16(15)14-20-10-6-8-18(4,5)9-11-20/h7,12,19H,6,8-11,13-14H2,1-5H3. The van der Waals surface area contributed by atoms with Crippen LogP contribution in [-0.2, 0) is 13.1 Å². The summed E-state index contributed by atoms with van der Waals surface area (Å²) in [5.41, 5.74) is 1.93. The Bertz CT molecular complexity index is 442. The Labute approximate surface area is 130 Å². The molecule has 0 amide bonds. The lowest BCUT2D eigenvalue weighted by atomic mass is 9.85. The number of likely N-dealkylation sites (tertiary alicyclic amines) is 1. The van der Waals surface area contributed by atoms with Gasteiger partial charge in [0, 0.05) is 17.6 Å². The van der Waals surface area contributed by atoms with E-state index in [1.807, 2.05) is 6.26 Å². The number of furan rings is 1. The van der Waals surface area contributed by atoms with Crippen molar-refractivity contribution in [3.05, 3.63) is 23.7 Å². The second-order valence-corrected chi connectivity index (χ2v) is 8.27. The summed E-state index contributed by atoms with van der Waals surface area (Å²) in [4.78, 5) is 2.55. The summed E-state index contributed by atoms with van der Waals surface area (Å²) in [5.74, 6) is 1.13. The van der Waals surface area contributed by atoms with E-state index < -0.39 is 0 Å². The molecule has 3 nitrogen and oxygen atoms in total. The van der Waals surface area contributed by atoms with E-state index in [1.54, 1.807) is 0 Å². The highest BCUT2D eigenvalue weighted by atomic mass is 16.3. The molecular formula is C18H32N2O.